The van der Waals surface area contributed by atoms with Crippen LogP contribution in [0, 0.1) is 0 Å². The zero-order chi connectivity index (χ0) is 18.5. The van der Waals surface area contributed by atoms with Gasteiger partial charge in [-0.2, -0.15) is 0 Å². The van der Waals surface area contributed by atoms with Crippen LogP contribution >= 0.6 is 23.7 Å². The van der Waals surface area contributed by atoms with Gasteiger partial charge < -0.3 is 15.8 Å². The number of carbonyl (C=O) groups is 1. The quantitative estimate of drug-likeness (QED) is 0.713. The van der Waals surface area contributed by atoms with Crippen LogP contribution in [-0.4, -0.2) is 24.7 Å². The first-order valence-corrected chi connectivity index (χ1v) is 10.3. The molecule has 0 saturated carbocycles. The summed E-state index contributed by atoms with van der Waals surface area (Å²) in [5, 5.41) is 5.23. The Labute approximate surface area is 171 Å². The van der Waals surface area contributed by atoms with Crippen LogP contribution in [0.4, 0.5) is 0 Å². The fourth-order valence-electron chi connectivity index (χ4n) is 3.33. The molecule has 6 heteroatoms. The minimum atomic E-state index is -0.398. The van der Waals surface area contributed by atoms with Gasteiger partial charge in [0.1, 0.15) is 6.10 Å². The second-order valence-corrected chi connectivity index (χ2v) is 7.97. The Balaban J connectivity index is 0.00000261. The topological polar surface area (TPSA) is 64.4 Å². The van der Waals surface area contributed by atoms with Gasteiger partial charge in [-0.25, -0.2) is 0 Å². The fourth-order valence-corrected chi connectivity index (χ4v) is 4.14. The van der Waals surface area contributed by atoms with Gasteiger partial charge in [-0.05, 0) is 47.8 Å². The molecule has 3 rings (SSSR count). The van der Waals surface area contributed by atoms with Crippen molar-refractivity contribution < 1.29 is 9.53 Å². The monoisotopic (exact) mass is 408 g/mol. The number of thiophene rings is 1. The Hall–Kier alpha value is -1.40. The van der Waals surface area contributed by atoms with Crippen LogP contribution in [0.1, 0.15) is 61.1 Å². The van der Waals surface area contributed by atoms with Crippen molar-refractivity contribution in [2.75, 3.05) is 6.54 Å². The van der Waals surface area contributed by atoms with Crippen LogP contribution in [0.3, 0.4) is 0 Å². The number of ether oxygens (including phenoxy) is 1. The first-order valence-electron chi connectivity index (χ1n) is 9.41. The average molecular weight is 409 g/mol. The third-order valence-electron chi connectivity index (χ3n) is 5.23. The Kier molecular flexibility index (Phi) is 8.29. The van der Waals surface area contributed by atoms with E-state index in [9.17, 15) is 4.79 Å². The van der Waals surface area contributed by atoms with E-state index in [1.807, 2.05) is 11.4 Å². The molecule has 1 aliphatic rings. The zero-order valence-electron chi connectivity index (χ0n) is 15.9. The summed E-state index contributed by atoms with van der Waals surface area (Å²) in [6, 6.07) is 12.5. The summed E-state index contributed by atoms with van der Waals surface area (Å²) in [5.41, 5.74) is 8.09. The number of rotatable bonds is 7. The standard InChI is InChI=1S/C21H28N2O2S.ClH/c1-3-14(2)15-6-8-16(9-7-15)20(19-5-4-12-26-19)23-21(24)18-11-10-17(13-22)25-18;/h4-9,12,14,17-18,20H,3,10-11,13,22H2,1-2H3,(H,23,24);1H/t14?,17-,18+,20?;/m1./s1. The Bertz CT molecular complexity index is 705. The number of nitrogens with one attached hydrogen (secondary N) is 1. The lowest BCUT2D eigenvalue weighted by Gasteiger charge is -2.21. The normalized spacial score (nSPS) is 21.3. The maximum atomic E-state index is 12.7. The molecule has 1 aromatic carbocycles. The van der Waals surface area contributed by atoms with Gasteiger partial charge in [0, 0.05) is 11.4 Å². The lowest BCUT2D eigenvalue weighted by atomic mass is 9.95. The number of amides is 1. The number of benzene rings is 1. The average Bonchev–Trinajstić information content (AvgIpc) is 3.37. The summed E-state index contributed by atoms with van der Waals surface area (Å²) in [7, 11) is 0. The van der Waals surface area contributed by atoms with Gasteiger partial charge in [-0.3, -0.25) is 4.79 Å². The molecule has 27 heavy (non-hydrogen) atoms. The van der Waals surface area contributed by atoms with Gasteiger partial charge in [0.2, 0.25) is 5.91 Å². The summed E-state index contributed by atoms with van der Waals surface area (Å²) < 4.78 is 5.76. The van der Waals surface area contributed by atoms with Crippen molar-refractivity contribution in [1.29, 1.82) is 0 Å². The Morgan fingerprint density at radius 2 is 1.96 bits per heavy atom. The van der Waals surface area contributed by atoms with E-state index in [1.54, 1.807) is 11.3 Å². The molecule has 4 nitrogen and oxygen atoms in total. The van der Waals surface area contributed by atoms with Gasteiger partial charge >= 0.3 is 0 Å². The number of hydrogen-bond donors (Lipinski definition) is 2. The lowest BCUT2D eigenvalue weighted by Crippen LogP contribution is -2.38. The van der Waals surface area contributed by atoms with Crippen molar-refractivity contribution in [3.05, 3.63) is 57.8 Å². The van der Waals surface area contributed by atoms with Crippen LogP contribution in [0.2, 0.25) is 0 Å². The van der Waals surface area contributed by atoms with Crippen molar-refractivity contribution in [1.82, 2.24) is 5.32 Å². The third kappa shape index (κ3) is 5.32. The molecule has 2 unspecified atom stereocenters. The van der Waals surface area contributed by atoms with Gasteiger partial charge in [0.25, 0.3) is 0 Å². The molecule has 2 aromatic rings. The molecule has 1 fully saturated rings. The van der Waals surface area contributed by atoms with Gasteiger partial charge in [0.05, 0.1) is 12.1 Å². The molecule has 2 heterocycles. The van der Waals surface area contributed by atoms with Crippen LogP contribution in [0.5, 0.6) is 0 Å². The number of nitrogens with two attached hydrogens (primary N) is 1. The molecule has 0 bridgehead atoms. The maximum Gasteiger partial charge on any atom is 0.249 e. The van der Waals surface area contributed by atoms with Gasteiger partial charge in [-0.1, -0.05) is 44.2 Å². The van der Waals surface area contributed by atoms with E-state index < -0.39 is 6.10 Å². The molecule has 1 saturated heterocycles. The van der Waals surface area contributed by atoms with Crippen molar-refractivity contribution in [3.8, 4) is 0 Å². The van der Waals surface area contributed by atoms with Gasteiger partial charge in [0.15, 0.2) is 0 Å². The second kappa shape index (κ2) is 10.2. The number of carbonyl (C=O) groups excluding carboxylic acids is 1. The Morgan fingerprint density at radius 1 is 1.26 bits per heavy atom. The molecule has 1 amide bonds. The molecule has 0 radical (unpaired) electrons. The zero-order valence-corrected chi connectivity index (χ0v) is 17.5. The van der Waals surface area contributed by atoms with Crippen LogP contribution in [0.15, 0.2) is 41.8 Å². The van der Waals surface area contributed by atoms with Crippen LogP contribution in [0.25, 0.3) is 0 Å². The molecule has 0 spiro atoms. The van der Waals surface area contributed by atoms with Crippen molar-refractivity contribution in [3.63, 3.8) is 0 Å². The SMILES string of the molecule is CCC(C)c1ccc(C(NC(=O)[C@@H]2CC[C@H](CN)O2)c2cccs2)cc1.Cl. The van der Waals surface area contributed by atoms with E-state index in [0.29, 0.717) is 12.5 Å². The molecular weight excluding hydrogens is 380 g/mol. The van der Waals surface area contributed by atoms with Crippen molar-refractivity contribution in [2.45, 2.75) is 57.3 Å². The van der Waals surface area contributed by atoms with E-state index in [1.165, 1.54) is 5.56 Å². The highest BCUT2D eigenvalue weighted by atomic mass is 35.5. The van der Waals surface area contributed by atoms with Gasteiger partial charge in [-0.15, -0.1) is 23.7 Å². The predicted octanol–water partition coefficient (Wildman–Crippen LogP) is 4.40. The molecule has 1 aromatic heterocycles. The lowest BCUT2D eigenvalue weighted by molar-refractivity contribution is -0.132. The molecule has 1 aliphatic heterocycles. The van der Waals surface area contributed by atoms with E-state index in [-0.39, 0.29) is 30.5 Å². The summed E-state index contributed by atoms with van der Waals surface area (Å²) in [4.78, 5) is 13.9. The van der Waals surface area contributed by atoms with Crippen LogP contribution in [-0.2, 0) is 9.53 Å². The van der Waals surface area contributed by atoms with E-state index >= 15 is 0 Å². The highest BCUT2D eigenvalue weighted by Crippen LogP contribution is 2.29. The number of hydrogen-bond acceptors (Lipinski definition) is 4. The Morgan fingerprint density at radius 3 is 2.52 bits per heavy atom. The summed E-state index contributed by atoms with van der Waals surface area (Å²) >= 11 is 1.65. The predicted molar refractivity (Wildman–Crippen MR) is 114 cm³/mol. The summed E-state index contributed by atoms with van der Waals surface area (Å²) in [5.74, 6) is 0.490. The van der Waals surface area contributed by atoms with E-state index in [4.69, 9.17) is 10.5 Å². The third-order valence-corrected chi connectivity index (χ3v) is 6.17. The van der Waals surface area contributed by atoms with Crippen molar-refractivity contribution >= 4 is 29.7 Å². The molecular formula is C21H29ClN2O2S. The minimum Gasteiger partial charge on any atom is -0.364 e. The molecule has 3 N–H and O–H groups in total. The number of halogens is 1. The fraction of sp³-hybridized carbons (Fsp3) is 0.476. The van der Waals surface area contributed by atoms with Crippen molar-refractivity contribution in [2.24, 2.45) is 5.73 Å². The first kappa shape index (κ1) is 21.9. The smallest absolute Gasteiger partial charge is 0.249 e. The van der Waals surface area contributed by atoms with E-state index in [2.05, 4.69) is 49.5 Å². The largest absolute Gasteiger partial charge is 0.364 e. The molecule has 148 valence electrons. The highest BCUT2D eigenvalue weighted by Gasteiger charge is 2.31. The van der Waals surface area contributed by atoms with E-state index in [0.717, 1.165) is 29.7 Å². The van der Waals surface area contributed by atoms with Crippen LogP contribution < -0.4 is 11.1 Å². The summed E-state index contributed by atoms with van der Waals surface area (Å²) in [6.07, 6.45) is 2.30. The maximum absolute atomic E-state index is 12.7. The summed E-state index contributed by atoms with van der Waals surface area (Å²) in [6.45, 7) is 4.90. The highest BCUT2D eigenvalue weighted by molar-refractivity contribution is 7.10. The molecule has 0 aliphatic carbocycles. The second-order valence-electron chi connectivity index (χ2n) is 6.99. The minimum absolute atomic E-state index is 0. The first-order chi connectivity index (χ1) is 12.6. The molecule has 4 atom stereocenters.